The van der Waals surface area contributed by atoms with Crippen LogP contribution in [0.3, 0.4) is 0 Å². The van der Waals surface area contributed by atoms with Gasteiger partial charge in [-0.1, -0.05) is 64.0 Å². The van der Waals surface area contributed by atoms with Crippen molar-refractivity contribution in [1.82, 2.24) is 15.0 Å². The summed E-state index contributed by atoms with van der Waals surface area (Å²) in [5.41, 5.74) is 4.08. The number of thiocarbonyl (C=S) groups is 1. The summed E-state index contributed by atoms with van der Waals surface area (Å²) in [5.74, 6) is 1.87. The Balaban J connectivity index is 1.62. The molecule has 0 unspecified atom stereocenters. The van der Waals surface area contributed by atoms with E-state index in [1.54, 1.807) is 7.11 Å². The molecule has 5 heteroatoms. The molecule has 4 rings (SSSR count). The fourth-order valence-electron chi connectivity index (χ4n) is 4.67. The maximum absolute atomic E-state index is 5.64. The average Bonchev–Trinajstić information content (AvgIpc) is 3.35. The Morgan fingerprint density at radius 2 is 1.64 bits per heavy atom. The van der Waals surface area contributed by atoms with Gasteiger partial charge in [0, 0.05) is 28.9 Å². The number of fused-ring (bicyclic) bond motifs is 1. The zero-order valence-electron chi connectivity index (χ0n) is 21.9. The van der Waals surface area contributed by atoms with Crippen LogP contribution in [0.15, 0.2) is 60.9 Å². The first-order chi connectivity index (χ1) is 17.4. The van der Waals surface area contributed by atoms with Crippen molar-refractivity contribution in [2.45, 2.75) is 71.1 Å². The molecule has 0 radical (unpaired) electrons. The van der Waals surface area contributed by atoms with E-state index < -0.39 is 0 Å². The number of H-pyrrole nitrogens is 1. The number of hydrogen-bond donors (Lipinski definition) is 1. The van der Waals surface area contributed by atoms with Gasteiger partial charge in [-0.3, -0.25) is 4.98 Å². The van der Waals surface area contributed by atoms with Crippen LogP contribution in [0.1, 0.15) is 71.5 Å². The molecule has 4 aromatic rings. The van der Waals surface area contributed by atoms with E-state index >= 15 is 0 Å². The third-order valence-corrected chi connectivity index (χ3v) is 7.36. The number of rotatable bonds is 12. The summed E-state index contributed by atoms with van der Waals surface area (Å²) in [7, 11) is 1.70. The van der Waals surface area contributed by atoms with Gasteiger partial charge in [0.2, 0.25) is 0 Å². The fourth-order valence-corrected chi connectivity index (χ4v) is 4.96. The Kier molecular flexibility index (Phi) is 8.52. The average molecular weight is 500 g/mol. The maximum Gasteiger partial charge on any atom is 0.119 e. The Hall–Kier alpha value is -3.05. The van der Waals surface area contributed by atoms with Gasteiger partial charge in [-0.15, -0.1) is 0 Å². The second kappa shape index (κ2) is 11.8. The molecule has 2 aromatic carbocycles. The van der Waals surface area contributed by atoms with Crippen LogP contribution >= 0.6 is 12.2 Å². The molecule has 0 bridgehead atoms. The van der Waals surface area contributed by atoms with Crippen molar-refractivity contribution in [3.05, 3.63) is 66.7 Å². The molecule has 0 aliphatic heterocycles. The number of benzene rings is 2. The second-order valence-corrected chi connectivity index (χ2v) is 10.8. The molecular formula is C31H37N3OS. The molecular weight excluding hydrogens is 462 g/mol. The van der Waals surface area contributed by atoms with Crippen molar-refractivity contribution in [2.75, 3.05) is 7.11 Å². The van der Waals surface area contributed by atoms with Gasteiger partial charge < -0.3 is 9.72 Å². The quantitative estimate of drug-likeness (QED) is 0.156. The van der Waals surface area contributed by atoms with E-state index in [0.717, 1.165) is 70.5 Å². The Labute approximate surface area is 220 Å². The minimum Gasteiger partial charge on any atom is -0.497 e. The van der Waals surface area contributed by atoms with E-state index in [2.05, 4.69) is 61.1 Å². The van der Waals surface area contributed by atoms with Gasteiger partial charge in [0.25, 0.3) is 0 Å². The van der Waals surface area contributed by atoms with Crippen LogP contribution in [0.4, 0.5) is 0 Å². The van der Waals surface area contributed by atoms with Gasteiger partial charge in [0.05, 0.1) is 18.5 Å². The van der Waals surface area contributed by atoms with Crippen LogP contribution < -0.4 is 4.74 Å². The number of aromatic amines is 1. The lowest BCUT2D eigenvalue weighted by molar-refractivity contribution is 0.415. The van der Waals surface area contributed by atoms with Crippen molar-refractivity contribution in [3.63, 3.8) is 0 Å². The third kappa shape index (κ3) is 6.19. The number of methoxy groups -OCH3 is 1. The molecule has 2 aromatic heterocycles. The highest BCUT2D eigenvalue weighted by Crippen LogP contribution is 2.36. The first-order valence-corrected chi connectivity index (χ1v) is 13.4. The summed E-state index contributed by atoms with van der Waals surface area (Å²) in [4.78, 5) is 14.3. The lowest BCUT2D eigenvalue weighted by Gasteiger charge is -2.22. The first kappa shape index (κ1) is 26.0. The first-order valence-electron chi connectivity index (χ1n) is 13.0. The highest BCUT2D eigenvalue weighted by Gasteiger charge is 2.27. The molecule has 0 atom stereocenters. The number of imidazole rings is 1. The Morgan fingerprint density at radius 1 is 0.917 bits per heavy atom. The summed E-state index contributed by atoms with van der Waals surface area (Å²) < 4.78 is 5.39. The zero-order chi connectivity index (χ0) is 25.5. The van der Waals surface area contributed by atoms with Gasteiger partial charge in [-0.05, 0) is 78.1 Å². The largest absolute Gasteiger partial charge is 0.497 e. The molecule has 4 nitrogen and oxygen atoms in total. The highest BCUT2D eigenvalue weighted by atomic mass is 32.1. The normalized spacial score (nSPS) is 11.7. The zero-order valence-corrected chi connectivity index (χ0v) is 22.8. The van der Waals surface area contributed by atoms with Crippen molar-refractivity contribution in [2.24, 2.45) is 0 Å². The predicted molar refractivity (Wildman–Crippen MR) is 155 cm³/mol. The monoisotopic (exact) mass is 499 g/mol. The molecule has 0 aliphatic carbocycles. The van der Waals surface area contributed by atoms with Crippen LogP contribution in [0.25, 0.3) is 33.3 Å². The number of hydrogen-bond acceptors (Lipinski definition) is 4. The van der Waals surface area contributed by atoms with E-state index in [1.807, 2.05) is 30.6 Å². The van der Waals surface area contributed by atoms with Gasteiger partial charge in [-0.2, -0.15) is 0 Å². The Bertz CT molecular complexity index is 1310. The van der Waals surface area contributed by atoms with E-state index in [4.69, 9.17) is 21.9 Å². The van der Waals surface area contributed by atoms with Crippen molar-refractivity contribution in [1.29, 1.82) is 0 Å². The summed E-state index contributed by atoms with van der Waals surface area (Å²) in [5, 5.41) is 2.31. The molecule has 1 N–H and O–H groups in total. The minimum atomic E-state index is -0.0940. The smallest absolute Gasteiger partial charge is 0.119 e. The molecule has 188 valence electrons. The number of nitrogens with one attached hydrogen (secondary N) is 1. The van der Waals surface area contributed by atoms with Crippen LogP contribution in [0.2, 0.25) is 0 Å². The van der Waals surface area contributed by atoms with Gasteiger partial charge in [-0.25, -0.2) is 4.98 Å². The summed E-state index contributed by atoms with van der Waals surface area (Å²) in [6.45, 7) is 6.79. The van der Waals surface area contributed by atoms with Crippen LogP contribution in [-0.2, 0) is 5.41 Å². The van der Waals surface area contributed by atoms with Crippen LogP contribution in [0.5, 0.6) is 5.75 Å². The molecule has 0 saturated heterocycles. The standard InChI is InChI=1S/C31H37N3OS/c1-5-6-7-9-27(36)10-8-17-31(2,3)30-33-28(22-15-18-32-19-16-22)29(34-30)25-12-11-24-21-26(35-4)14-13-23(24)20-25/h11-16,18-21H,5-10,17H2,1-4H3,(H,33,34). The van der Waals surface area contributed by atoms with E-state index in [9.17, 15) is 0 Å². The molecule has 0 spiro atoms. The topological polar surface area (TPSA) is 50.8 Å². The number of nitrogens with zero attached hydrogens (tertiary/aromatic N) is 2. The maximum atomic E-state index is 5.64. The molecule has 36 heavy (non-hydrogen) atoms. The molecule has 0 amide bonds. The second-order valence-electron chi connectivity index (χ2n) is 10.2. The highest BCUT2D eigenvalue weighted by molar-refractivity contribution is 7.80. The Morgan fingerprint density at radius 3 is 2.39 bits per heavy atom. The van der Waals surface area contributed by atoms with Gasteiger partial charge in [0.1, 0.15) is 11.6 Å². The predicted octanol–water partition coefficient (Wildman–Crippen LogP) is 8.70. The number of ether oxygens (including phenoxy) is 1. The van der Waals surface area contributed by atoms with Crippen LogP contribution in [-0.4, -0.2) is 26.9 Å². The molecule has 0 saturated carbocycles. The lowest BCUT2D eigenvalue weighted by Crippen LogP contribution is -2.19. The molecule has 2 heterocycles. The SMILES string of the molecule is CCCCCC(=S)CCCC(C)(C)c1nc(-c2ccc3cc(OC)ccc3c2)c(-c2ccncc2)[nH]1. The number of unbranched alkanes of at least 4 members (excludes halogenated alkanes) is 2. The fraction of sp³-hybridized carbons (Fsp3) is 0.387. The summed E-state index contributed by atoms with van der Waals surface area (Å²) in [6, 6.07) is 16.7. The molecule has 0 fully saturated rings. The summed E-state index contributed by atoms with van der Waals surface area (Å²) >= 11 is 5.64. The van der Waals surface area contributed by atoms with E-state index in [1.165, 1.54) is 24.1 Å². The van der Waals surface area contributed by atoms with Crippen molar-refractivity contribution in [3.8, 4) is 28.3 Å². The number of pyridine rings is 1. The lowest BCUT2D eigenvalue weighted by atomic mass is 9.86. The summed E-state index contributed by atoms with van der Waals surface area (Å²) in [6.07, 6.45) is 11.6. The van der Waals surface area contributed by atoms with Crippen molar-refractivity contribution >= 4 is 27.9 Å². The van der Waals surface area contributed by atoms with Gasteiger partial charge in [0.15, 0.2) is 0 Å². The molecule has 0 aliphatic rings. The minimum absolute atomic E-state index is 0.0940. The van der Waals surface area contributed by atoms with Crippen molar-refractivity contribution < 1.29 is 4.74 Å². The van der Waals surface area contributed by atoms with E-state index in [-0.39, 0.29) is 5.41 Å². The van der Waals surface area contributed by atoms with Gasteiger partial charge >= 0.3 is 0 Å². The van der Waals surface area contributed by atoms with E-state index in [0.29, 0.717) is 0 Å². The third-order valence-electron chi connectivity index (χ3n) is 6.95. The van der Waals surface area contributed by atoms with Crippen LogP contribution in [0, 0.1) is 0 Å². The number of aromatic nitrogens is 3.